The maximum atomic E-state index is 11.1. The maximum absolute atomic E-state index is 11.1. The third kappa shape index (κ3) is 3.83. The van der Waals surface area contributed by atoms with Gasteiger partial charge in [-0.1, -0.05) is 45.0 Å². The summed E-state index contributed by atoms with van der Waals surface area (Å²) in [6.07, 6.45) is 0. The van der Waals surface area contributed by atoms with Gasteiger partial charge in [-0.15, -0.1) is 34.0 Å². The third-order valence-electron chi connectivity index (χ3n) is 4.55. The second-order valence-electron chi connectivity index (χ2n) is 7.62. The van der Waals surface area contributed by atoms with Gasteiger partial charge in [0.1, 0.15) is 4.88 Å². The molecule has 4 aromatic rings. The first-order chi connectivity index (χ1) is 13.3. The molecule has 0 saturated carbocycles. The van der Waals surface area contributed by atoms with Crippen LogP contribution in [0.2, 0.25) is 0 Å². The highest BCUT2D eigenvalue weighted by molar-refractivity contribution is 7.27. The van der Waals surface area contributed by atoms with Gasteiger partial charge in [-0.2, -0.15) is 0 Å². The average Bonchev–Trinajstić information content (AvgIpc) is 3.39. The lowest BCUT2D eigenvalue weighted by Gasteiger charge is -2.18. The summed E-state index contributed by atoms with van der Waals surface area (Å²) in [5.41, 5.74) is 2.74. The summed E-state index contributed by atoms with van der Waals surface area (Å²) in [4.78, 5) is 17.3. The molecule has 142 valence electrons. The number of aromatic carboxylic acids is 1. The van der Waals surface area contributed by atoms with Crippen LogP contribution in [-0.4, -0.2) is 11.1 Å². The number of benzene rings is 1. The maximum Gasteiger partial charge on any atom is 0.345 e. The summed E-state index contributed by atoms with van der Waals surface area (Å²) in [7, 11) is 0. The highest BCUT2D eigenvalue weighted by atomic mass is 32.1. The van der Waals surface area contributed by atoms with E-state index in [0.717, 1.165) is 9.75 Å². The summed E-state index contributed by atoms with van der Waals surface area (Å²) in [6.45, 7) is 6.69. The van der Waals surface area contributed by atoms with Crippen molar-refractivity contribution < 1.29 is 9.90 Å². The molecule has 0 amide bonds. The Bertz CT molecular complexity index is 1120. The number of rotatable bonds is 4. The van der Waals surface area contributed by atoms with Crippen molar-refractivity contribution in [1.29, 1.82) is 0 Å². The molecule has 0 aliphatic carbocycles. The van der Waals surface area contributed by atoms with Crippen LogP contribution in [0.4, 0.5) is 0 Å². The fourth-order valence-corrected chi connectivity index (χ4v) is 5.99. The zero-order valence-electron chi connectivity index (χ0n) is 15.9. The molecule has 1 aromatic carbocycles. The topological polar surface area (TPSA) is 37.3 Å². The van der Waals surface area contributed by atoms with Crippen molar-refractivity contribution >= 4 is 40.0 Å². The predicted octanol–water partition coefficient (Wildman–Crippen LogP) is 7.87. The van der Waals surface area contributed by atoms with Gasteiger partial charge >= 0.3 is 5.97 Å². The Morgan fingerprint density at radius 3 is 1.64 bits per heavy atom. The average molecular weight is 425 g/mol. The van der Waals surface area contributed by atoms with Gasteiger partial charge in [0, 0.05) is 24.4 Å². The van der Waals surface area contributed by atoms with Crippen molar-refractivity contribution in [3.05, 3.63) is 71.1 Å². The Hall–Kier alpha value is -2.21. The zero-order valence-corrected chi connectivity index (χ0v) is 18.3. The van der Waals surface area contributed by atoms with Gasteiger partial charge in [0.25, 0.3) is 0 Å². The highest BCUT2D eigenvalue weighted by Crippen LogP contribution is 2.42. The summed E-state index contributed by atoms with van der Waals surface area (Å²) in [5.74, 6) is -0.867. The molecule has 28 heavy (non-hydrogen) atoms. The standard InChI is InChI=1S/C23H20O2S3/c1-23(2,3)15-6-4-14(5-7-15)16-8-9-17(26-16)18-10-11-19(27-18)20-12-13-21(28-20)22(24)25/h4-13H,1-3H3,(H,24,25). The van der Waals surface area contributed by atoms with Crippen molar-refractivity contribution in [3.8, 4) is 29.9 Å². The van der Waals surface area contributed by atoms with Gasteiger partial charge in [-0.25, -0.2) is 4.79 Å². The van der Waals surface area contributed by atoms with Crippen molar-refractivity contribution in [1.82, 2.24) is 0 Å². The summed E-state index contributed by atoms with van der Waals surface area (Å²) >= 11 is 4.82. The van der Waals surface area contributed by atoms with Crippen LogP contribution in [0.15, 0.2) is 60.7 Å². The molecule has 5 heteroatoms. The molecule has 0 aliphatic heterocycles. The van der Waals surface area contributed by atoms with Crippen LogP contribution in [0.5, 0.6) is 0 Å². The van der Waals surface area contributed by atoms with Crippen LogP contribution in [0, 0.1) is 0 Å². The molecule has 0 bridgehead atoms. The van der Waals surface area contributed by atoms with E-state index in [0.29, 0.717) is 4.88 Å². The van der Waals surface area contributed by atoms with Crippen LogP contribution < -0.4 is 0 Å². The number of carboxylic acid groups (broad SMARTS) is 1. The van der Waals surface area contributed by atoms with Crippen molar-refractivity contribution in [2.75, 3.05) is 0 Å². The number of hydrogen-bond acceptors (Lipinski definition) is 4. The summed E-state index contributed by atoms with van der Waals surface area (Å²) in [6, 6.07) is 21.0. The minimum Gasteiger partial charge on any atom is -0.477 e. The third-order valence-corrected chi connectivity index (χ3v) is 8.23. The van der Waals surface area contributed by atoms with E-state index in [1.165, 1.54) is 37.1 Å². The first kappa shape index (κ1) is 19.1. The summed E-state index contributed by atoms with van der Waals surface area (Å²) in [5, 5.41) is 9.12. The molecular weight excluding hydrogens is 404 g/mol. The largest absolute Gasteiger partial charge is 0.477 e. The van der Waals surface area contributed by atoms with E-state index in [1.54, 1.807) is 28.7 Å². The Balaban J connectivity index is 1.58. The van der Waals surface area contributed by atoms with Crippen molar-refractivity contribution in [2.24, 2.45) is 0 Å². The fourth-order valence-electron chi connectivity index (χ4n) is 2.95. The van der Waals surface area contributed by atoms with E-state index >= 15 is 0 Å². The van der Waals surface area contributed by atoms with E-state index in [1.807, 2.05) is 6.07 Å². The first-order valence-electron chi connectivity index (χ1n) is 8.96. The molecule has 1 N–H and O–H groups in total. The Kier molecular flexibility index (Phi) is 5.00. The van der Waals surface area contributed by atoms with E-state index in [9.17, 15) is 4.79 Å². The monoisotopic (exact) mass is 424 g/mol. The number of hydrogen-bond donors (Lipinski definition) is 1. The predicted molar refractivity (Wildman–Crippen MR) is 122 cm³/mol. The summed E-state index contributed by atoms with van der Waals surface area (Å²) < 4.78 is 0. The van der Waals surface area contributed by atoms with Gasteiger partial charge < -0.3 is 5.11 Å². The van der Waals surface area contributed by atoms with Gasteiger partial charge in [-0.05, 0) is 52.9 Å². The Labute approximate surface area is 176 Å². The first-order valence-corrected chi connectivity index (χ1v) is 11.4. The lowest BCUT2D eigenvalue weighted by Crippen LogP contribution is -2.10. The Morgan fingerprint density at radius 1 is 0.679 bits per heavy atom. The van der Waals surface area contributed by atoms with Crippen molar-refractivity contribution in [2.45, 2.75) is 26.2 Å². The molecule has 2 nitrogen and oxygen atoms in total. The smallest absolute Gasteiger partial charge is 0.345 e. The second-order valence-corrected chi connectivity index (χ2v) is 10.9. The van der Waals surface area contributed by atoms with Crippen LogP contribution in [0.1, 0.15) is 36.0 Å². The normalized spacial score (nSPS) is 11.7. The highest BCUT2D eigenvalue weighted by Gasteiger charge is 2.15. The van der Waals surface area contributed by atoms with E-state index in [-0.39, 0.29) is 5.41 Å². The minimum atomic E-state index is -0.867. The molecule has 3 aromatic heterocycles. The van der Waals surface area contributed by atoms with Crippen molar-refractivity contribution in [3.63, 3.8) is 0 Å². The molecular formula is C23H20O2S3. The minimum absolute atomic E-state index is 0.162. The van der Waals surface area contributed by atoms with Crippen LogP contribution in [0.3, 0.4) is 0 Å². The molecule has 0 unspecified atom stereocenters. The van der Waals surface area contributed by atoms with Crippen LogP contribution >= 0.6 is 34.0 Å². The molecule has 0 radical (unpaired) electrons. The molecule has 0 fully saturated rings. The number of carbonyl (C=O) groups is 1. The SMILES string of the molecule is CC(C)(C)c1ccc(-c2ccc(-c3ccc(-c4ccc(C(=O)O)s4)s3)s2)cc1. The van der Waals surface area contributed by atoms with Gasteiger partial charge in [0.05, 0.1) is 0 Å². The van der Waals surface area contributed by atoms with E-state index in [2.05, 4.69) is 69.3 Å². The lowest BCUT2D eigenvalue weighted by molar-refractivity contribution is 0.0702. The molecule has 0 spiro atoms. The number of thiophene rings is 3. The lowest BCUT2D eigenvalue weighted by atomic mass is 9.86. The quantitative estimate of drug-likeness (QED) is 0.362. The van der Waals surface area contributed by atoms with E-state index < -0.39 is 5.97 Å². The second kappa shape index (κ2) is 7.32. The van der Waals surface area contributed by atoms with Gasteiger partial charge in [0.15, 0.2) is 0 Å². The number of carboxylic acids is 1. The Morgan fingerprint density at radius 2 is 1.14 bits per heavy atom. The molecule has 4 rings (SSSR count). The molecule has 0 saturated heterocycles. The zero-order chi connectivity index (χ0) is 19.9. The fraction of sp³-hybridized carbons (Fsp3) is 0.174. The van der Waals surface area contributed by atoms with Crippen LogP contribution in [0.25, 0.3) is 29.9 Å². The van der Waals surface area contributed by atoms with Gasteiger partial charge in [0.2, 0.25) is 0 Å². The van der Waals surface area contributed by atoms with Crippen LogP contribution in [-0.2, 0) is 5.41 Å². The van der Waals surface area contributed by atoms with E-state index in [4.69, 9.17) is 5.11 Å². The molecule has 3 heterocycles. The molecule has 0 atom stereocenters. The van der Waals surface area contributed by atoms with Gasteiger partial charge in [-0.3, -0.25) is 0 Å². The molecule has 0 aliphatic rings.